The van der Waals surface area contributed by atoms with E-state index in [-0.39, 0.29) is 95.4 Å². The monoisotopic (exact) mass is 2000 g/mol. The van der Waals surface area contributed by atoms with Crippen molar-refractivity contribution in [2.24, 2.45) is 22.7 Å². The maximum absolute atomic E-state index is 13.8. The molecule has 6 amide bonds. The number of fused-ring (bicyclic) bond motifs is 2. The van der Waals surface area contributed by atoms with Crippen molar-refractivity contribution in [3.05, 3.63) is 354 Å². The van der Waals surface area contributed by atoms with Crippen LogP contribution in [0.25, 0.3) is 22.2 Å². The summed E-state index contributed by atoms with van der Waals surface area (Å²) in [6.45, 7) is 7.99. The zero-order valence-corrected chi connectivity index (χ0v) is 83.7. The first-order valence-corrected chi connectivity index (χ1v) is 49.2. The normalized spacial score (nSPS) is 16.7. The zero-order valence-electron chi connectivity index (χ0n) is 83.7. The molecule has 0 spiro atoms. The van der Waals surface area contributed by atoms with Gasteiger partial charge in [-0.15, -0.1) is 0 Å². The number of carbonyl (C=O) groups excluding carboxylic acids is 12. The maximum atomic E-state index is 13.8. The zero-order chi connectivity index (χ0) is 104. The van der Waals surface area contributed by atoms with Crippen molar-refractivity contribution < 1.29 is 86.0 Å². The quantitative estimate of drug-likeness (QED) is 0.0125. The standard InChI is InChI=1S/C31H31N3O5.C30H30N4O5.2C27H30N4O4/c1-31(19-39-31)28(36)26(17-20-8-4-3-5-9-20)34-30(37)22(16-21-12-14-23(38-2)15-13-21)18-27(35)29-32-24-10-6-7-11-25(24)33-29;1-30(18-39-30)26(36)24(16-19-7-4-3-5-8-19)33-29(37)21(15-20-10-12-22(38-2)13-11-20)17-25(35)28-32-23-9-6-14-31-27(23)34-28;1-27(12-13-27)24(32)21(14-18-6-4-3-5-7-18)30-25(33)22(31-26(34)23-16-28-17-29-23)15-19-8-10-20(35-2)11-9-19;1-27(12-13-27)23(32)21(16-18-6-4-3-5-7-18)30-25(33)22(31-26(34)24-28-14-15-29-24)17-19-8-10-20(35-2)11-9-19/h3-15,22,26H,16-19H2,1-2H3,(H,32,33)(H,34,37);3-14,21,24H,15-18H2,1-2H3,(H,33,37)(H,31,32,34);3-11,16-17,21-22H,12-15H2,1-2H3,(H,28,29)(H,30,33)(H,31,34);3-11,14-15,21-22H,12-13,16-17H2,1-2H3,(H,28,29)(H,30,33)(H,31,34)/t22-,26+,31-;21-,24+,30-;2*21-,22-/m1100/s1. The Kier molecular flexibility index (Phi) is 34.9. The Morgan fingerprint density at radius 1 is 0.338 bits per heavy atom. The van der Waals surface area contributed by atoms with Crippen LogP contribution in [0, 0.1) is 22.7 Å². The van der Waals surface area contributed by atoms with E-state index < -0.39 is 93.7 Å². The van der Waals surface area contributed by atoms with E-state index in [1.165, 1.54) is 18.7 Å². The second-order valence-corrected chi connectivity index (χ2v) is 38.5. The highest BCUT2D eigenvalue weighted by atomic mass is 16.6. The number of Topliss-reactive ketones (excluding diaryl/α,β-unsaturated/α-hetero) is 6. The molecule has 7 heterocycles. The fourth-order valence-corrected chi connectivity index (χ4v) is 17.3. The number of H-pyrrole nitrogens is 4. The number of aromatic amines is 4. The predicted molar refractivity (Wildman–Crippen MR) is 553 cm³/mol. The van der Waals surface area contributed by atoms with Crippen LogP contribution in [-0.4, -0.2) is 204 Å². The van der Waals surface area contributed by atoms with Gasteiger partial charge < -0.3 is 80.3 Å². The third-order valence-electron chi connectivity index (χ3n) is 27.0. The number of ether oxygens (including phenoxy) is 6. The number of imidazole rings is 4. The number of hydrogen-bond donors (Lipinski definition) is 10. The third-order valence-corrected chi connectivity index (χ3v) is 27.0. The Balaban J connectivity index is 0.000000148. The molecule has 0 radical (unpaired) electrons. The lowest BCUT2D eigenvalue weighted by Gasteiger charge is -2.25. The first-order chi connectivity index (χ1) is 71.4. The molecule has 2 saturated heterocycles. The average molecular weight is 2000 g/mol. The molecule has 148 heavy (non-hydrogen) atoms. The molecule has 4 fully saturated rings. The lowest BCUT2D eigenvalue weighted by molar-refractivity contribution is -0.132. The van der Waals surface area contributed by atoms with Gasteiger partial charge in [-0.2, -0.15) is 0 Å². The van der Waals surface area contributed by atoms with Gasteiger partial charge in [-0.25, -0.2) is 24.9 Å². The van der Waals surface area contributed by atoms with Gasteiger partial charge in [0, 0.05) is 66.9 Å². The number of amides is 6. The molecule has 4 aliphatic rings. The Morgan fingerprint density at radius 3 is 1.03 bits per heavy atom. The number of benzene rings is 9. The van der Waals surface area contributed by atoms with Gasteiger partial charge in [0.05, 0.1) is 94.9 Å². The van der Waals surface area contributed by atoms with E-state index in [0.717, 1.165) is 75.7 Å². The molecule has 14 aromatic rings. The van der Waals surface area contributed by atoms with Crippen LogP contribution in [-0.2, 0) is 99.2 Å². The molecule has 18 rings (SSSR count). The molecule has 2 aliphatic carbocycles. The largest absolute Gasteiger partial charge is 0.497 e. The summed E-state index contributed by atoms with van der Waals surface area (Å²) in [5, 5.41) is 17.4. The van der Waals surface area contributed by atoms with Crippen LogP contribution in [0.1, 0.15) is 153 Å². The highest BCUT2D eigenvalue weighted by Gasteiger charge is 2.53. The number of rotatable bonds is 46. The molecule has 2 saturated carbocycles. The summed E-state index contributed by atoms with van der Waals surface area (Å²) in [4.78, 5) is 192. The molecule has 33 heteroatoms. The van der Waals surface area contributed by atoms with Crippen LogP contribution in [0.4, 0.5) is 0 Å². The third kappa shape index (κ3) is 29.0. The summed E-state index contributed by atoms with van der Waals surface area (Å²) in [7, 11) is 6.34. The van der Waals surface area contributed by atoms with Crippen molar-refractivity contribution in [2.75, 3.05) is 41.7 Å². The number of para-hydroxylation sites is 2. The SMILES string of the molecule is COc1ccc(C[C@H](CC(=O)c2nc3ccccc3[nH]2)C(=O)N[C@@H](Cc2ccccc2)C(=O)[C@@]2(C)CO2)cc1.COc1ccc(C[C@H](CC(=O)c2nc3ncccc3[nH]2)C(=O)N[C@@H](Cc2ccccc2)C(=O)[C@@]2(C)CO2)cc1.COc1ccc(C[C@H](NC(=O)c2cnc[nH]2)C(=O)N[C@@H](Cc2ccccc2)C(=O)C2(C)CC2)cc1.COc1ccc(C[C@H](NC(=O)c2ncc[nH]2)C(=O)N[C@@H](Cc2ccccc2)C(=O)C2(C)CC2)cc1. The lowest BCUT2D eigenvalue weighted by Crippen LogP contribution is -2.54. The smallest absolute Gasteiger partial charge is 0.287 e. The van der Waals surface area contributed by atoms with E-state index in [4.69, 9.17) is 28.4 Å². The highest BCUT2D eigenvalue weighted by molar-refractivity contribution is 6.04. The summed E-state index contributed by atoms with van der Waals surface area (Å²) in [6, 6.07) is 73.8. The summed E-state index contributed by atoms with van der Waals surface area (Å²) in [6.07, 6.45) is 13.0. The van der Waals surface area contributed by atoms with Crippen LogP contribution in [0.5, 0.6) is 23.0 Å². The van der Waals surface area contributed by atoms with Crippen LogP contribution in [0.3, 0.4) is 0 Å². The number of epoxide rings is 2. The van der Waals surface area contributed by atoms with Gasteiger partial charge in [0.1, 0.15) is 52.0 Å². The summed E-state index contributed by atoms with van der Waals surface area (Å²) >= 11 is 0. The molecule has 33 nitrogen and oxygen atoms in total. The lowest BCUT2D eigenvalue weighted by atomic mass is 9.90. The molecule has 5 aromatic heterocycles. The number of pyridine rings is 1. The van der Waals surface area contributed by atoms with Crippen LogP contribution < -0.4 is 50.8 Å². The second-order valence-electron chi connectivity index (χ2n) is 38.5. The molecule has 0 bridgehead atoms. The van der Waals surface area contributed by atoms with Crippen LogP contribution in [0.2, 0.25) is 0 Å². The molecule has 2 aliphatic heterocycles. The minimum absolute atomic E-state index is 0.0234. The number of carbonyl (C=O) groups is 12. The van der Waals surface area contributed by atoms with E-state index >= 15 is 0 Å². The minimum atomic E-state index is -0.907. The second kappa shape index (κ2) is 48.9. The summed E-state index contributed by atoms with van der Waals surface area (Å²) in [5.74, 6) is -1.64. The van der Waals surface area contributed by atoms with E-state index in [9.17, 15) is 57.5 Å². The van der Waals surface area contributed by atoms with Crippen LogP contribution in [0.15, 0.2) is 286 Å². The number of hydrogen-bond acceptors (Lipinski definition) is 23. The number of nitrogens with one attached hydrogen (secondary N) is 10. The minimum Gasteiger partial charge on any atom is -0.497 e. The van der Waals surface area contributed by atoms with E-state index in [1.54, 1.807) is 91.1 Å². The number of nitrogens with zero attached hydrogens (tertiary/aromatic N) is 5. The van der Waals surface area contributed by atoms with E-state index in [0.29, 0.717) is 91.4 Å². The van der Waals surface area contributed by atoms with Crippen molar-refractivity contribution in [3.63, 3.8) is 0 Å². The number of aromatic nitrogens is 9. The molecule has 10 N–H and O–H groups in total. The van der Waals surface area contributed by atoms with Crippen molar-refractivity contribution in [2.45, 2.75) is 165 Å². The van der Waals surface area contributed by atoms with Gasteiger partial charge in [-0.3, -0.25) is 57.5 Å². The molecular formula is C115H121N15O18. The molecule has 764 valence electrons. The van der Waals surface area contributed by atoms with Gasteiger partial charge >= 0.3 is 0 Å². The van der Waals surface area contributed by atoms with Gasteiger partial charge in [-0.1, -0.05) is 196 Å². The van der Waals surface area contributed by atoms with Gasteiger partial charge in [0.25, 0.3) is 11.8 Å². The Bertz CT molecular complexity index is 6440. The topological polar surface area (TPSA) is 467 Å². The fraction of sp³-hybridized carbons (Fsp3) is 0.313. The number of ketones is 6. The highest BCUT2D eigenvalue weighted by Crippen LogP contribution is 2.48. The fourth-order valence-electron chi connectivity index (χ4n) is 17.3. The first kappa shape index (κ1) is 106. The van der Waals surface area contributed by atoms with Gasteiger partial charge in [0.15, 0.2) is 57.8 Å². The van der Waals surface area contributed by atoms with Crippen LogP contribution >= 0.6 is 0 Å². The molecular weight excluding hydrogens is 1880 g/mol. The van der Waals surface area contributed by atoms with Gasteiger partial charge in [0.2, 0.25) is 23.6 Å². The van der Waals surface area contributed by atoms with Gasteiger partial charge in [-0.05, 0) is 195 Å². The molecule has 0 unspecified atom stereocenters. The van der Waals surface area contributed by atoms with Crippen molar-refractivity contribution in [1.29, 1.82) is 0 Å². The maximum Gasteiger partial charge on any atom is 0.287 e. The van der Waals surface area contributed by atoms with E-state index in [2.05, 4.69) is 76.8 Å². The van der Waals surface area contributed by atoms with Crippen molar-refractivity contribution in [3.8, 4) is 23.0 Å². The Morgan fingerprint density at radius 2 is 0.676 bits per heavy atom. The van der Waals surface area contributed by atoms with E-state index in [1.807, 2.05) is 232 Å². The Hall–Kier alpha value is -16.6. The summed E-state index contributed by atoms with van der Waals surface area (Å²) < 4.78 is 31.7. The molecule has 10 atom stereocenters. The number of methoxy groups -OCH3 is 4. The van der Waals surface area contributed by atoms with Crippen molar-refractivity contribution in [1.82, 2.24) is 76.8 Å². The first-order valence-electron chi connectivity index (χ1n) is 49.2. The van der Waals surface area contributed by atoms with Crippen molar-refractivity contribution >= 4 is 92.3 Å². The summed E-state index contributed by atoms with van der Waals surface area (Å²) in [5.41, 5.74) is 7.31. The molecule has 9 aromatic carbocycles. The average Bonchev–Trinajstić information content (AvgIpc) is 1.65. The predicted octanol–water partition coefficient (Wildman–Crippen LogP) is 13.3. The Labute approximate surface area is 856 Å².